The van der Waals surface area contributed by atoms with Crippen LogP contribution in [-0.2, 0) is 14.8 Å². The van der Waals surface area contributed by atoms with Crippen LogP contribution in [0.2, 0.25) is 0 Å². The fourth-order valence-electron chi connectivity index (χ4n) is 2.83. The van der Waals surface area contributed by atoms with Crippen molar-refractivity contribution in [2.45, 2.75) is 17.2 Å². The van der Waals surface area contributed by atoms with Gasteiger partial charge in [0.1, 0.15) is 4.21 Å². The number of nitrogens with one attached hydrogen (secondary N) is 1. The zero-order valence-electron chi connectivity index (χ0n) is 14.3. The van der Waals surface area contributed by atoms with Gasteiger partial charge in [0.25, 0.3) is 10.0 Å². The first-order valence-corrected chi connectivity index (χ1v) is 11.3. The number of hydrogen-bond acceptors (Lipinski definition) is 5. The highest BCUT2D eigenvalue weighted by Gasteiger charge is 2.32. The number of carbonyl (C=O) groups is 1. The van der Waals surface area contributed by atoms with E-state index in [-0.39, 0.29) is 11.9 Å². The summed E-state index contributed by atoms with van der Waals surface area (Å²) in [6, 6.07) is 12.3. The van der Waals surface area contributed by atoms with Crippen molar-refractivity contribution < 1.29 is 13.2 Å². The van der Waals surface area contributed by atoms with Crippen molar-refractivity contribution >= 4 is 48.9 Å². The van der Waals surface area contributed by atoms with Crippen molar-refractivity contribution in [1.82, 2.24) is 9.21 Å². The van der Waals surface area contributed by atoms with Crippen LogP contribution in [-0.4, -0.2) is 55.8 Å². The average molecular weight is 458 g/mol. The van der Waals surface area contributed by atoms with E-state index in [2.05, 4.69) is 21.2 Å². The van der Waals surface area contributed by atoms with E-state index in [9.17, 15) is 13.2 Å². The lowest BCUT2D eigenvalue weighted by atomic mass is 10.2. The van der Waals surface area contributed by atoms with Gasteiger partial charge in [0.2, 0.25) is 5.91 Å². The van der Waals surface area contributed by atoms with Gasteiger partial charge >= 0.3 is 0 Å². The van der Waals surface area contributed by atoms with Crippen molar-refractivity contribution in [3.05, 3.63) is 46.3 Å². The van der Waals surface area contributed by atoms with E-state index in [1.54, 1.807) is 12.1 Å². The minimum Gasteiger partial charge on any atom is -0.325 e. The molecule has 1 saturated heterocycles. The summed E-state index contributed by atoms with van der Waals surface area (Å²) in [7, 11) is -3.46. The summed E-state index contributed by atoms with van der Waals surface area (Å²) in [5, 5.41) is 2.89. The molecule has 2 aromatic rings. The van der Waals surface area contributed by atoms with Gasteiger partial charge in [-0.15, -0.1) is 11.3 Å². The Balaban J connectivity index is 1.58. The fraction of sp³-hybridized carbons (Fsp3) is 0.353. The molecule has 140 valence electrons. The van der Waals surface area contributed by atoms with Crippen molar-refractivity contribution in [2.24, 2.45) is 0 Å². The summed E-state index contributed by atoms with van der Waals surface area (Å²) in [5.74, 6) is -0.0882. The lowest BCUT2D eigenvalue weighted by Gasteiger charge is -2.36. The minimum absolute atomic E-state index is 0.0882. The molecule has 0 spiro atoms. The number of carbonyl (C=O) groups excluding carboxylic acids is 1. The zero-order chi connectivity index (χ0) is 18.7. The van der Waals surface area contributed by atoms with Crippen molar-refractivity contribution in [1.29, 1.82) is 0 Å². The first-order valence-electron chi connectivity index (χ1n) is 8.23. The molecule has 0 radical (unpaired) electrons. The molecule has 2 heterocycles. The number of sulfonamides is 1. The van der Waals surface area contributed by atoms with Crippen LogP contribution in [0, 0.1) is 0 Å². The Kier molecular flexibility index (Phi) is 6.13. The normalized spacial score (nSPS) is 17.8. The van der Waals surface area contributed by atoms with E-state index in [0.717, 1.165) is 9.47 Å². The quantitative estimate of drug-likeness (QED) is 0.748. The van der Waals surface area contributed by atoms with Gasteiger partial charge in [-0.05, 0) is 47.1 Å². The molecule has 1 fully saturated rings. The van der Waals surface area contributed by atoms with E-state index < -0.39 is 10.0 Å². The molecule has 1 aliphatic rings. The van der Waals surface area contributed by atoms with Gasteiger partial charge < -0.3 is 5.32 Å². The number of para-hydroxylation sites is 1. The smallest absolute Gasteiger partial charge is 0.252 e. The predicted molar refractivity (Wildman–Crippen MR) is 107 cm³/mol. The third kappa shape index (κ3) is 4.34. The van der Waals surface area contributed by atoms with Crippen molar-refractivity contribution in [3.63, 3.8) is 0 Å². The maximum atomic E-state index is 12.7. The second-order valence-corrected chi connectivity index (χ2v) is 10.7. The highest BCUT2D eigenvalue weighted by Crippen LogP contribution is 2.29. The highest BCUT2D eigenvalue weighted by atomic mass is 79.9. The minimum atomic E-state index is -3.46. The summed E-state index contributed by atoms with van der Waals surface area (Å²) in [6.07, 6.45) is 0. The lowest BCUT2D eigenvalue weighted by Crippen LogP contribution is -2.53. The number of piperazine rings is 1. The summed E-state index contributed by atoms with van der Waals surface area (Å²) >= 11 is 4.51. The molecular weight excluding hydrogens is 438 g/mol. The number of nitrogens with zero attached hydrogens (tertiary/aromatic N) is 2. The van der Waals surface area contributed by atoms with Crippen LogP contribution in [0.5, 0.6) is 0 Å². The van der Waals surface area contributed by atoms with Gasteiger partial charge in [-0.1, -0.05) is 18.2 Å². The fourth-order valence-corrected chi connectivity index (χ4v) is 6.42. The molecule has 1 atom stereocenters. The number of anilines is 1. The van der Waals surface area contributed by atoms with Gasteiger partial charge in [-0.2, -0.15) is 4.31 Å². The van der Waals surface area contributed by atoms with Crippen molar-refractivity contribution in [3.8, 4) is 0 Å². The molecule has 1 aromatic heterocycles. The van der Waals surface area contributed by atoms with Gasteiger partial charge in [0, 0.05) is 31.9 Å². The summed E-state index contributed by atoms with van der Waals surface area (Å²) < 4.78 is 28.0. The first kappa shape index (κ1) is 19.5. The third-order valence-electron chi connectivity index (χ3n) is 4.38. The van der Waals surface area contributed by atoms with E-state index in [1.165, 1.54) is 15.6 Å². The molecule has 1 amide bonds. The molecule has 9 heteroatoms. The number of rotatable bonds is 5. The second-order valence-electron chi connectivity index (χ2n) is 6.03. The van der Waals surface area contributed by atoms with Gasteiger partial charge in [-0.25, -0.2) is 8.42 Å². The molecule has 0 aliphatic carbocycles. The average Bonchev–Trinajstić information content (AvgIpc) is 3.09. The number of benzene rings is 1. The zero-order valence-corrected chi connectivity index (χ0v) is 17.5. The molecule has 6 nitrogen and oxygen atoms in total. The van der Waals surface area contributed by atoms with Crippen LogP contribution in [0.15, 0.2) is 50.5 Å². The lowest BCUT2D eigenvalue weighted by molar-refractivity contribution is -0.121. The SMILES string of the molecule is CC(C(=O)Nc1ccccc1)N1CCN(S(=O)(=O)c2ccc(Br)s2)CC1. The van der Waals surface area contributed by atoms with Crippen LogP contribution in [0.25, 0.3) is 0 Å². The second kappa shape index (κ2) is 8.18. The topological polar surface area (TPSA) is 69.7 Å². The third-order valence-corrected chi connectivity index (χ3v) is 8.37. The van der Waals surface area contributed by atoms with E-state index in [0.29, 0.717) is 30.4 Å². The Hall–Kier alpha value is -1.26. The van der Waals surface area contributed by atoms with E-state index in [4.69, 9.17) is 0 Å². The Morgan fingerprint density at radius 2 is 1.77 bits per heavy atom. The molecular formula is C17H20BrN3O3S2. The molecule has 0 saturated carbocycles. The molecule has 0 bridgehead atoms. The van der Waals surface area contributed by atoms with E-state index in [1.807, 2.05) is 42.2 Å². The van der Waals surface area contributed by atoms with Gasteiger partial charge in [0.05, 0.1) is 9.83 Å². The number of hydrogen-bond donors (Lipinski definition) is 1. The van der Waals surface area contributed by atoms with Crippen LogP contribution in [0.1, 0.15) is 6.92 Å². The Morgan fingerprint density at radius 1 is 1.12 bits per heavy atom. The maximum absolute atomic E-state index is 12.7. The Morgan fingerprint density at radius 3 is 2.35 bits per heavy atom. The largest absolute Gasteiger partial charge is 0.325 e. The molecule has 26 heavy (non-hydrogen) atoms. The molecule has 1 aromatic carbocycles. The molecule has 1 unspecified atom stereocenters. The first-order chi connectivity index (χ1) is 12.4. The Bertz CT molecular complexity index is 862. The van der Waals surface area contributed by atoms with E-state index >= 15 is 0 Å². The van der Waals surface area contributed by atoms with Crippen LogP contribution < -0.4 is 5.32 Å². The van der Waals surface area contributed by atoms with Crippen LogP contribution in [0.4, 0.5) is 5.69 Å². The number of halogens is 1. The van der Waals surface area contributed by atoms with Gasteiger partial charge in [-0.3, -0.25) is 9.69 Å². The molecule has 1 N–H and O–H groups in total. The highest BCUT2D eigenvalue weighted by molar-refractivity contribution is 9.11. The number of amides is 1. The molecule has 1 aliphatic heterocycles. The predicted octanol–water partition coefficient (Wildman–Crippen LogP) is 2.84. The Labute approximate surface area is 166 Å². The van der Waals surface area contributed by atoms with Gasteiger partial charge in [0.15, 0.2) is 0 Å². The maximum Gasteiger partial charge on any atom is 0.252 e. The summed E-state index contributed by atoms with van der Waals surface area (Å²) in [6.45, 7) is 3.64. The standard InChI is InChI=1S/C17H20BrN3O3S2/c1-13(17(22)19-14-5-3-2-4-6-14)20-9-11-21(12-10-20)26(23,24)16-8-7-15(18)25-16/h2-8,13H,9-12H2,1H3,(H,19,22). The van der Waals surface area contributed by atoms with Crippen LogP contribution in [0.3, 0.4) is 0 Å². The van der Waals surface area contributed by atoms with Crippen molar-refractivity contribution in [2.75, 3.05) is 31.5 Å². The summed E-state index contributed by atoms with van der Waals surface area (Å²) in [5.41, 5.74) is 0.758. The monoisotopic (exact) mass is 457 g/mol. The summed E-state index contributed by atoms with van der Waals surface area (Å²) in [4.78, 5) is 14.4. The number of thiophene rings is 1. The van der Waals surface area contributed by atoms with Crippen LogP contribution >= 0.6 is 27.3 Å². The molecule has 3 rings (SSSR count).